The smallest absolute Gasteiger partial charge is 0.387 e. The van der Waals surface area contributed by atoms with Crippen molar-refractivity contribution in [3.63, 3.8) is 0 Å². The van der Waals surface area contributed by atoms with Crippen molar-refractivity contribution in [1.29, 1.82) is 0 Å². The Kier molecular flexibility index (Phi) is 4.17. The van der Waals surface area contributed by atoms with E-state index in [9.17, 15) is 13.6 Å². The molecule has 2 aliphatic heterocycles. The number of aromatic nitrogens is 2. The molecule has 0 radical (unpaired) electrons. The molecule has 3 aromatic rings. The molecular formula is C20H17F2N5O2. The van der Waals surface area contributed by atoms with E-state index in [1.165, 1.54) is 12.1 Å². The fraction of sp³-hybridized carbons (Fsp3) is 0.200. The number of pyridine rings is 1. The van der Waals surface area contributed by atoms with Gasteiger partial charge >= 0.3 is 6.61 Å². The molecule has 1 amide bonds. The van der Waals surface area contributed by atoms with Crippen molar-refractivity contribution >= 4 is 22.8 Å². The Hall–Kier alpha value is -3.46. The molecule has 7 nitrogen and oxygen atoms in total. The number of halogens is 2. The first-order valence-corrected chi connectivity index (χ1v) is 9.14. The number of amides is 1. The monoisotopic (exact) mass is 397 g/mol. The van der Waals surface area contributed by atoms with Crippen LogP contribution in [0.4, 0.5) is 14.5 Å². The van der Waals surface area contributed by atoms with Gasteiger partial charge in [-0.3, -0.25) is 4.79 Å². The molecule has 0 spiro atoms. The Bertz CT molecular complexity index is 1110. The number of imidazole rings is 1. The standard InChI is InChI=1S/C20H17F2N5O2/c21-20(22)29-15-4-2-14(3-5-15)26-9-10-27-18(19(26)28)16(11-24-27)13-1-6-17-23-7-8-25(17)12-13/h1-8,12,20,24H,9-11H2. The maximum Gasteiger partial charge on any atom is 0.387 e. The Morgan fingerprint density at radius 2 is 1.93 bits per heavy atom. The second-order valence-electron chi connectivity index (χ2n) is 6.75. The van der Waals surface area contributed by atoms with Crippen molar-refractivity contribution in [1.82, 2.24) is 19.8 Å². The van der Waals surface area contributed by atoms with Crippen LogP contribution >= 0.6 is 0 Å². The van der Waals surface area contributed by atoms with Crippen LogP contribution in [0.5, 0.6) is 5.75 Å². The van der Waals surface area contributed by atoms with Gasteiger partial charge in [0.1, 0.15) is 17.1 Å². The van der Waals surface area contributed by atoms with Gasteiger partial charge in [-0.2, -0.15) is 8.78 Å². The van der Waals surface area contributed by atoms with Gasteiger partial charge in [0.15, 0.2) is 0 Å². The van der Waals surface area contributed by atoms with Gasteiger partial charge in [-0.15, -0.1) is 0 Å². The zero-order valence-corrected chi connectivity index (χ0v) is 15.3. The SMILES string of the molecule is O=C1C2=C(c3ccc4nccn4c3)CNN2CCN1c1ccc(OC(F)F)cc1. The molecule has 2 aliphatic rings. The van der Waals surface area contributed by atoms with E-state index in [1.54, 1.807) is 23.2 Å². The summed E-state index contributed by atoms with van der Waals surface area (Å²) in [6, 6.07) is 9.99. The molecule has 0 atom stereocenters. The minimum absolute atomic E-state index is 0.0610. The Balaban J connectivity index is 1.48. The molecule has 2 aromatic heterocycles. The van der Waals surface area contributed by atoms with Crippen molar-refractivity contribution in [2.75, 3.05) is 24.5 Å². The molecule has 148 valence electrons. The molecule has 0 unspecified atom stereocenters. The largest absolute Gasteiger partial charge is 0.435 e. The molecule has 0 aliphatic carbocycles. The van der Waals surface area contributed by atoms with Crippen molar-refractivity contribution in [2.24, 2.45) is 0 Å². The summed E-state index contributed by atoms with van der Waals surface area (Å²) in [6.45, 7) is -1.22. The third-order valence-electron chi connectivity index (χ3n) is 5.11. The van der Waals surface area contributed by atoms with Crippen LogP contribution in [-0.4, -0.2) is 46.5 Å². The molecular weight excluding hydrogens is 380 g/mol. The number of carbonyl (C=O) groups is 1. The Labute approximate surface area is 164 Å². The summed E-state index contributed by atoms with van der Waals surface area (Å²) in [7, 11) is 0. The molecule has 4 heterocycles. The second-order valence-corrected chi connectivity index (χ2v) is 6.75. The van der Waals surface area contributed by atoms with E-state index in [2.05, 4.69) is 15.1 Å². The number of hydrogen-bond acceptors (Lipinski definition) is 5. The van der Waals surface area contributed by atoms with Gasteiger partial charge in [0.05, 0.1) is 6.54 Å². The van der Waals surface area contributed by atoms with Crippen molar-refractivity contribution in [3.05, 3.63) is 66.2 Å². The number of carbonyl (C=O) groups excluding carboxylic acids is 1. The lowest BCUT2D eigenvalue weighted by molar-refractivity contribution is -0.117. The van der Waals surface area contributed by atoms with Gasteiger partial charge in [-0.25, -0.2) is 10.4 Å². The lowest BCUT2D eigenvalue weighted by Gasteiger charge is -2.34. The van der Waals surface area contributed by atoms with Gasteiger partial charge in [0.2, 0.25) is 0 Å². The molecule has 1 aromatic carbocycles. The van der Waals surface area contributed by atoms with E-state index in [4.69, 9.17) is 0 Å². The summed E-state index contributed by atoms with van der Waals surface area (Å²) in [6.07, 6.45) is 5.55. The summed E-state index contributed by atoms with van der Waals surface area (Å²) in [5.74, 6) is -0.0737. The number of nitrogens with one attached hydrogen (secondary N) is 1. The minimum Gasteiger partial charge on any atom is -0.435 e. The van der Waals surface area contributed by atoms with Gasteiger partial charge in [-0.05, 0) is 42.0 Å². The van der Waals surface area contributed by atoms with E-state index in [1.807, 2.05) is 33.9 Å². The molecule has 5 rings (SSSR count). The average Bonchev–Trinajstić information content (AvgIpc) is 3.35. The molecule has 9 heteroatoms. The predicted molar refractivity (Wildman–Crippen MR) is 102 cm³/mol. The first-order chi connectivity index (χ1) is 14.1. The molecule has 29 heavy (non-hydrogen) atoms. The van der Waals surface area contributed by atoms with E-state index >= 15 is 0 Å². The van der Waals surface area contributed by atoms with E-state index in [-0.39, 0.29) is 11.7 Å². The van der Waals surface area contributed by atoms with Gasteiger partial charge in [0, 0.05) is 42.9 Å². The number of hydrazine groups is 1. The number of ether oxygens (including phenoxy) is 1. The topological polar surface area (TPSA) is 62.1 Å². The minimum atomic E-state index is -2.88. The van der Waals surface area contributed by atoms with Crippen LogP contribution < -0.4 is 15.1 Å². The van der Waals surface area contributed by atoms with Crippen LogP contribution in [0.1, 0.15) is 5.56 Å². The number of piperazine rings is 1. The zero-order valence-electron chi connectivity index (χ0n) is 15.3. The average molecular weight is 397 g/mol. The maximum absolute atomic E-state index is 13.3. The highest BCUT2D eigenvalue weighted by Crippen LogP contribution is 2.31. The van der Waals surface area contributed by atoms with E-state index in [0.29, 0.717) is 31.0 Å². The van der Waals surface area contributed by atoms with Crippen LogP contribution in [0.15, 0.2) is 60.7 Å². The number of alkyl halides is 2. The Morgan fingerprint density at radius 1 is 1.10 bits per heavy atom. The number of hydrogen-bond donors (Lipinski definition) is 1. The molecule has 1 saturated heterocycles. The van der Waals surface area contributed by atoms with E-state index < -0.39 is 6.61 Å². The van der Waals surface area contributed by atoms with Gasteiger partial charge < -0.3 is 19.0 Å². The molecule has 1 fully saturated rings. The number of rotatable bonds is 4. The fourth-order valence-electron chi connectivity index (χ4n) is 3.76. The normalized spacial score (nSPS) is 16.9. The summed E-state index contributed by atoms with van der Waals surface area (Å²) >= 11 is 0. The molecule has 0 bridgehead atoms. The number of fused-ring (bicyclic) bond motifs is 2. The van der Waals surface area contributed by atoms with E-state index in [0.717, 1.165) is 16.8 Å². The van der Waals surface area contributed by atoms with Crippen molar-refractivity contribution < 1.29 is 18.3 Å². The molecule has 0 saturated carbocycles. The first kappa shape index (κ1) is 17.6. The van der Waals surface area contributed by atoms with Crippen LogP contribution in [0.2, 0.25) is 0 Å². The van der Waals surface area contributed by atoms with Crippen LogP contribution in [0.25, 0.3) is 11.2 Å². The maximum atomic E-state index is 13.3. The second kappa shape index (κ2) is 6.85. The quantitative estimate of drug-likeness (QED) is 0.733. The van der Waals surface area contributed by atoms with Crippen molar-refractivity contribution in [2.45, 2.75) is 6.61 Å². The van der Waals surface area contributed by atoms with Crippen molar-refractivity contribution in [3.8, 4) is 5.75 Å². The van der Waals surface area contributed by atoms with Gasteiger partial charge in [0.25, 0.3) is 5.91 Å². The summed E-state index contributed by atoms with van der Waals surface area (Å²) in [5, 5.41) is 1.88. The fourth-order valence-corrected chi connectivity index (χ4v) is 3.76. The zero-order chi connectivity index (χ0) is 20.0. The summed E-state index contributed by atoms with van der Waals surface area (Å²) in [4.78, 5) is 19.2. The van der Waals surface area contributed by atoms with Crippen LogP contribution in [0, 0.1) is 0 Å². The summed E-state index contributed by atoms with van der Waals surface area (Å²) in [5.41, 5.74) is 7.19. The number of anilines is 1. The first-order valence-electron chi connectivity index (χ1n) is 9.14. The number of nitrogens with zero attached hydrogens (tertiary/aromatic N) is 4. The van der Waals surface area contributed by atoms with Crippen LogP contribution in [-0.2, 0) is 4.79 Å². The third-order valence-corrected chi connectivity index (χ3v) is 5.11. The highest BCUT2D eigenvalue weighted by Gasteiger charge is 2.36. The highest BCUT2D eigenvalue weighted by atomic mass is 19.3. The lowest BCUT2D eigenvalue weighted by Crippen LogP contribution is -2.50. The van der Waals surface area contributed by atoms with Gasteiger partial charge in [-0.1, -0.05) is 0 Å². The Morgan fingerprint density at radius 3 is 2.72 bits per heavy atom. The van der Waals surface area contributed by atoms with Crippen LogP contribution in [0.3, 0.4) is 0 Å². The highest BCUT2D eigenvalue weighted by molar-refractivity contribution is 6.11. The number of benzene rings is 1. The summed E-state index contributed by atoms with van der Waals surface area (Å²) < 4.78 is 31.0. The molecule has 1 N–H and O–H groups in total. The predicted octanol–water partition coefficient (Wildman–Crippen LogP) is 2.51. The third kappa shape index (κ3) is 3.09. The lowest BCUT2D eigenvalue weighted by atomic mass is 10.0.